The molecule has 2 saturated heterocycles. The minimum atomic E-state index is -2.15. The fourth-order valence-electron chi connectivity index (χ4n) is 7.38. The average molecular weight is 903 g/mol. The van der Waals surface area contributed by atoms with E-state index in [9.17, 15) is 34.6 Å². The molecular formula is C46H58N4O13Si. The number of esters is 1. The molecule has 3 aromatic carbocycles. The molecule has 5 rings (SSSR count). The number of nitro groups is 2. The van der Waals surface area contributed by atoms with Crippen molar-refractivity contribution in [3.8, 4) is 23.0 Å². The Kier molecular flexibility index (Phi) is 15.3. The van der Waals surface area contributed by atoms with Crippen LogP contribution in [0.25, 0.3) is 0 Å². The van der Waals surface area contributed by atoms with Gasteiger partial charge in [0.05, 0.1) is 48.8 Å². The highest BCUT2D eigenvalue weighted by atomic mass is 28.4. The number of aryl methyl sites for hydroxylation is 1. The molecule has 0 unspecified atom stereocenters. The van der Waals surface area contributed by atoms with Crippen molar-refractivity contribution in [2.75, 3.05) is 40.5 Å². The smallest absolute Gasteiger partial charge is 0.343 e. The first-order chi connectivity index (χ1) is 30.1. The molecule has 64 heavy (non-hydrogen) atoms. The van der Waals surface area contributed by atoms with E-state index in [4.69, 9.17) is 28.1 Å². The molecule has 344 valence electrons. The van der Waals surface area contributed by atoms with Crippen molar-refractivity contribution >= 4 is 37.5 Å². The Labute approximate surface area is 374 Å². The summed E-state index contributed by atoms with van der Waals surface area (Å²) >= 11 is 0. The molecule has 0 saturated carbocycles. The number of methoxy groups -OCH3 is 2. The van der Waals surface area contributed by atoms with Gasteiger partial charge in [0.15, 0.2) is 26.4 Å². The van der Waals surface area contributed by atoms with Gasteiger partial charge in [0.25, 0.3) is 23.2 Å². The van der Waals surface area contributed by atoms with Crippen molar-refractivity contribution in [3.63, 3.8) is 0 Å². The molecule has 0 aliphatic carbocycles. The van der Waals surface area contributed by atoms with E-state index >= 15 is 0 Å². The van der Waals surface area contributed by atoms with E-state index in [0.29, 0.717) is 49.1 Å². The first kappa shape index (κ1) is 48.8. The molecule has 0 radical (unpaired) electrons. The zero-order chi connectivity index (χ0) is 47.3. The maximum atomic E-state index is 14.1. The van der Waals surface area contributed by atoms with Crippen LogP contribution in [-0.2, 0) is 27.2 Å². The Bertz CT molecular complexity index is 2340. The molecule has 2 aliphatic rings. The second kappa shape index (κ2) is 20.1. The standard InChI is InChI=1S/C46H58N4O13Si/c1-12-33-13-28(2)22-47(33)45(53)37-19-41(58-8)42(21-39(37)50(56)57)62-25-32-16-31(17-35(18-32)60-27-43(51)59-9)24-61-40-20-38(49(54)55)36(15-30(40)4)44(52)48-23-29(3)14-34(48)26-63-64(10,11)46(5,6)7/h15-21,33-34H,2-3,12-14,22-27H2,1,4-11H3/t33-,34+/m1/s1. The number of nitrogens with zero attached hydrogens (tertiary/aromatic N) is 4. The van der Waals surface area contributed by atoms with Crippen LogP contribution in [0.5, 0.6) is 23.0 Å². The predicted molar refractivity (Wildman–Crippen MR) is 241 cm³/mol. The molecule has 2 amide bonds. The van der Waals surface area contributed by atoms with E-state index in [1.165, 1.54) is 32.4 Å². The minimum absolute atomic E-state index is 0.00688. The Morgan fingerprint density at radius 3 is 1.80 bits per heavy atom. The molecule has 2 aliphatic heterocycles. The topological polar surface area (TPSA) is 199 Å². The number of carbonyl (C=O) groups excluding carboxylic acids is 3. The van der Waals surface area contributed by atoms with E-state index in [1.54, 1.807) is 34.9 Å². The Balaban J connectivity index is 1.39. The highest BCUT2D eigenvalue weighted by Gasteiger charge is 2.41. The number of amides is 2. The highest BCUT2D eigenvalue weighted by molar-refractivity contribution is 6.74. The third kappa shape index (κ3) is 11.3. The van der Waals surface area contributed by atoms with Crippen LogP contribution in [0.4, 0.5) is 11.4 Å². The lowest BCUT2D eigenvalue weighted by Gasteiger charge is -2.38. The Morgan fingerprint density at radius 2 is 1.28 bits per heavy atom. The van der Waals surface area contributed by atoms with Gasteiger partial charge in [0, 0.05) is 25.2 Å². The first-order valence-electron chi connectivity index (χ1n) is 20.9. The third-order valence-electron chi connectivity index (χ3n) is 12.0. The fraction of sp³-hybridized carbons (Fsp3) is 0.457. The summed E-state index contributed by atoms with van der Waals surface area (Å²) in [6.07, 6.45) is 1.80. The van der Waals surface area contributed by atoms with Gasteiger partial charge in [-0.15, -0.1) is 0 Å². The van der Waals surface area contributed by atoms with Crippen LogP contribution in [0.2, 0.25) is 18.1 Å². The molecule has 2 fully saturated rings. The predicted octanol–water partition coefficient (Wildman–Crippen LogP) is 8.50. The zero-order valence-electron chi connectivity index (χ0n) is 38.1. The number of nitro benzene ring substituents is 2. The van der Waals surface area contributed by atoms with Crippen LogP contribution in [0.3, 0.4) is 0 Å². The zero-order valence-corrected chi connectivity index (χ0v) is 39.1. The Morgan fingerprint density at radius 1 is 0.766 bits per heavy atom. The lowest BCUT2D eigenvalue weighted by molar-refractivity contribution is -0.385. The molecule has 2 atom stereocenters. The number of hydrogen-bond donors (Lipinski definition) is 0. The Hall–Kier alpha value is -6.27. The van der Waals surface area contributed by atoms with Crippen molar-refractivity contribution in [2.24, 2.45) is 0 Å². The molecule has 2 heterocycles. The van der Waals surface area contributed by atoms with Gasteiger partial charge >= 0.3 is 5.97 Å². The molecule has 3 aromatic rings. The van der Waals surface area contributed by atoms with Gasteiger partial charge in [-0.3, -0.25) is 29.8 Å². The van der Waals surface area contributed by atoms with Crippen molar-refractivity contribution in [2.45, 2.75) is 97.3 Å². The normalized spacial score (nSPS) is 16.5. The molecule has 0 spiro atoms. The van der Waals surface area contributed by atoms with Gasteiger partial charge in [-0.25, -0.2) is 4.79 Å². The summed E-state index contributed by atoms with van der Waals surface area (Å²) < 4.78 is 34.6. The lowest BCUT2D eigenvalue weighted by Crippen LogP contribution is -2.46. The van der Waals surface area contributed by atoms with Gasteiger partial charge < -0.3 is 37.9 Å². The summed E-state index contributed by atoms with van der Waals surface area (Å²) in [6.45, 7) is 22.5. The van der Waals surface area contributed by atoms with Crippen molar-refractivity contribution in [1.82, 2.24) is 9.80 Å². The van der Waals surface area contributed by atoms with Crippen LogP contribution in [0, 0.1) is 27.2 Å². The number of ether oxygens (including phenoxy) is 5. The lowest BCUT2D eigenvalue weighted by atomic mass is 10.1. The van der Waals surface area contributed by atoms with Gasteiger partial charge in [-0.2, -0.15) is 0 Å². The summed E-state index contributed by atoms with van der Waals surface area (Å²) in [7, 11) is 0.419. The van der Waals surface area contributed by atoms with E-state index < -0.39 is 53.9 Å². The summed E-state index contributed by atoms with van der Waals surface area (Å²) in [6, 6.07) is 9.54. The van der Waals surface area contributed by atoms with E-state index in [-0.39, 0.29) is 71.0 Å². The number of carbonyl (C=O) groups is 3. The van der Waals surface area contributed by atoms with Crippen molar-refractivity contribution in [1.29, 1.82) is 0 Å². The van der Waals surface area contributed by atoms with E-state index in [0.717, 1.165) is 17.2 Å². The minimum Gasteiger partial charge on any atom is -0.493 e. The van der Waals surface area contributed by atoms with Gasteiger partial charge in [-0.05, 0) is 85.3 Å². The second-order valence-electron chi connectivity index (χ2n) is 17.7. The number of benzene rings is 3. The highest BCUT2D eigenvalue weighted by Crippen LogP contribution is 2.40. The van der Waals surface area contributed by atoms with Gasteiger partial charge in [0.1, 0.15) is 35.8 Å². The quantitative estimate of drug-likeness (QED) is 0.0387. The van der Waals surface area contributed by atoms with Crippen molar-refractivity contribution < 1.29 is 52.3 Å². The molecule has 17 nitrogen and oxygen atoms in total. The summed E-state index contributed by atoms with van der Waals surface area (Å²) in [4.78, 5) is 66.4. The summed E-state index contributed by atoms with van der Waals surface area (Å²) in [5.41, 5.74) is 2.03. The maximum absolute atomic E-state index is 14.1. The third-order valence-corrected chi connectivity index (χ3v) is 16.5. The molecule has 0 bridgehead atoms. The van der Waals surface area contributed by atoms with Crippen LogP contribution >= 0.6 is 0 Å². The number of rotatable bonds is 18. The largest absolute Gasteiger partial charge is 0.493 e. The molecule has 18 heteroatoms. The van der Waals surface area contributed by atoms with Crippen LogP contribution in [-0.4, -0.2) is 98.4 Å². The van der Waals surface area contributed by atoms with E-state index in [1.807, 2.05) is 6.92 Å². The second-order valence-corrected chi connectivity index (χ2v) is 22.5. The van der Waals surface area contributed by atoms with Crippen LogP contribution in [0.1, 0.15) is 84.4 Å². The monoisotopic (exact) mass is 902 g/mol. The van der Waals surface area contributed by atoms with Crippen LogP contribution in [0.15, 0.2) is 66.8 Å². The molecular weight excluding hydrogens is 845 g/mol. The average Bonchev–Trinajstić information content (AvgIpc) is 3.82. The SMILES string of the molecule is C=C1C[C@@H](CC)N(C(=O)c2cc(OC)c(OCc3cc(COc4cc([N+](=O)[O-])c(C(=O)N5CC(=C)C[C@H]5CO[Si](C)(C)C(C)(C)C)cc4C)cc(OCC(=O)OC)c3)cc2[N+](=O)[O-])C1. The van der Waals surface area contributed by atoms with Gasteiger partial charge in [0.2, 0.25) is 0 Å². The molecule has 0 aromatic heterocycles. The summed E-state index contributed by atoms with van der Waals surface area (Å²) in [5, 5.41) is 24.7. The van der Waals surface area contributed by atoms with Crippen molar-refractivity contribution in [3.05, 3.63) is 115 Å². The number of hydrogen-bond acceptors (Lipinski definition) is 13. The van der Waals surface area contributed by atoms with Gasteiger partial charge in [-0.1, -0.05) is 52.0 Å². The maximum Gasteiger partial charge on any atom is 0.343 e. The summed E-state index contributed by atoms with van der Waals surface area (Å²) in [5.74, 6) is -1.20. The fourth-order valence-corrected chi connectivity index (χ4v) is 8.42. The molecule has 0 N–H and O–H groups in total. The van der Waals surface area contributed by atoms with E-state index in [2.05, 4.69) is 47.0 Å². The van der Waals surface area contributed by atoms with Crippen LogP contribution < -0.4 is 18.9 Å². The number of likely N-dealkylation sites (tertiary alicyclic amines) is 2. The first-order valence-corrected chi connectivity index (χ1v) is 23.8.